The fourth-order valence-electron chi connectivity index (χ4n) is 7.07. The first kappa shape index (κ1) is 21.8. The molecule has 2 N–H and O–H groups in total. The van der Waals surface area contributed by atoms with Crippen LogP contribution in [0.3, 0.4) is 0 Å². The molecule has 7 heteroatoms. The number of amides is 2. The summed E-state index contributed by atoms with van der Waals surface area (Å²) in [4.78, 5) is 35.7. The molecule has 5 aliphatic rings. The van der Waals surface area contributed by atoms with E-state index in [2.05, 4.69) is 52.6 Å². The number of hydrogen-bond acceptors (Lipinski definition) is 5. The number of carbonyl (C=O) groups excluding carboxylic acids is 2. The third-order valence-electron chi connectivity index (χ3n) is 8.97. The molecule has 1 saturated carbocycles. The van der Waals surface area contributed by atoms with Crippen LogP contribution in [0.5, 0.6) is 0 Å². The molecule has 0 radical (unpaired) electrons. The second kappa shape index (κ2) is 7.94. The van der Waals surface area contributed by atoms with Crippen LogP contribution in [-0.4, -0.2) is 64.9 Å². The Kier molecular flexibility index (Phi) is 5.10. The molecule has 0 aromatic carbocycles. The molecular weight excluding hydrogens is 426 g/mol. The van der Waals surface area contributed by atoms with Crippen molar-refractivity contribution in [3.05, 3.63) is 52.6 Å². The number of rotatable bonds is 4. The molecule has 7 nitrogen and oxygen atoms in total. The number of likely N-dealkylation sites (N-methyl/N-ethyl adjacent to an activating group) is 1. The Bertz CT molecular complexity index is 1100. The van der Waals surface area contributed by atoms with E-state index in [1.165, 1.54) is 11.1 Å². The van der Waals surface area contributed by atoms with Gasteiger partial charge in [0.05, 0.1) is 5.41 Å². The zero-order chi connectivity index (χ0) is 23.5. The number of aryl methyl sites for hydroxylation is 1. The van der Waals surface area contributed by atoms with Crippen molar-refractivity contribution >= 4 is 11.8 Å². The molecule has 34 heavy (non-hydrogen) atoms. The predicted octanol–water partition coefficient (Wildman–Crippen LogP) is 2.08. The molecule has 180 valence electrons. The fraction of sp³-hybridized carbons (Fsp3) is 0.593. The summed E-state index contributed by atoms with van der Waals surface area (Å²) >= 11 is 0. The van der Waals surface area contributed by atoms with E-state index < -0.39 is 5.41 Å². The van der Waals surface area contributed by atoms with Crippen LogP contribution in [0, 0.1) is 5.41 Å². The van der Waals surface area contributed by atoms with Crippen molar-refractivity contribution in [1.29, 1.82) is 0 Å². The van der Waals surface area contributed by atoms with Gasteiger partial charge in [0.25, 0.3) is 0 Å². The van der Waals surface area contributed by atoms with E-state index in [0.717, 1.165) is 75.2 Å². The number of piperazine rings is 1. The minimum absolute atomic E-state index is 0.0829. The Morgan fingerprint density at radius 3 is 2.85 bits per heavy atom. The average molecular weight is 462 g/mol. The highest BCUT2D eigenvalue weighted by Gasteiger charge is 2.53. The van der Waals surface area contributed by atoms with Crippen LogP contribution in [0.15, 0.2) is 35.8 Å². The summed E-state index contributed by atoms with van der Waals surface area (Å²) < 4.78 is 0. The van der Waals surface area contributed by atoms with Crippen LogP contribution in [-0.2, 0) is 28.9 Å². The van der Waals surface area contributed by atoms with Crippen LogP contribution in [0.25, 0.3) is 0 Å². The summed E-state index contributed by atoms with van der Waals surface area (Å²) in [6, 6.07) is 2.50. The van der Waals surface area contributed by atoms with Crippen LogP contribution < -0.4 is 10.6 Å². The Hall–Kier alpha value is -2.67. The van der Waals surface area contributed by atoms with Gasteiger partial charge in [-0.05, 0) is 57.2 Å². The fourth-order valence-corrected chi connectivity index (χ4v) is 7.07. The topological polar surface area (TPSA) is 77.6 Å². The molecule has 0 bridgehead atoms. The highest BCUT2D eigenvalue weighted by Crippen LogP contribution is 2.47. The summed E-state index contributed by atoms with van der Waals surface area (Å²) in [5, 5.41) is 6.34. The molecular formula is C27H35N5O2. The summed E-state index contributed by atoms with van der Waals surface area (Å²) in [7, 11) is 2.13. The van der Waals surface area contributed by atoms with Crippen molar-refractivity contribution < 1.29 is 9.59 Å². The lowest BCUT2D eigenvalue weighted by Crippen LogP contribution is -2.66. The molecule has 4 heterocycles. The molecule has 1 aromatic rings. The second-order valence-electron chi connectivity index (χ2n) is 11.0. The van der Waals surface area contributed by atoms with E-state index in [0.29, 0.717) is 18.7 Å². The van der Waals surface area contributed by atoms with E-state index in [4.69, 9.17) is 4.98 Å². The molecule has 6 rings (SSSR count). The van der Waals surface area contributed by atoms with Gasteiger partial charge in [0, 0.05) is 49.6 Å². The number of nitrogens with one attached hydrogen (secondary N) is 2. The lowest BCUT2D eigenvalue weighted by atomic mass is 9.78. The zero-order valence-corrected chi connectivity index (χ0v) is 20.3. The summed E-state index contributed by atoms with van der Waals surface area (Å²) in [5.74, 6) is 1.29. The van der Waals surface area contributed by atoms with Gasteiger partial charge in [0.2, 0.25) is 11.8 Å². The average Bonchev–Trinajstić information content (AvgIpc) is 3.53. The number of pyridine rings is 1. The van der Waals surface area contributed by atoms with Gasteiger partial charge in [-0.25, -0.2) is 0 Å². The lowest BCUT2D eigenvalue weighted by molar-refractivity contribution is -0.154. The van der Waals surface area contributed by atoms with E-state index in [-0.39, 0.29) is 17.5 Å². The SMILES string of the molecule is CC1CN(C)C2(CCCC2)C(=O)N1CCCc1cnc2c(c1)C[C@@]1(C2)C(=O)NC2=C1C=CCN2. The van der Waals surface area contributed by atoms with Crippen molar-refractivity contribution in [1.82, 2.24) is 25.4 Å². The quantitative estimate of drug-likeness (QED) is 0.718. The molecule has 3 aliphatic heterocycles. The van der Waals surface area contributed by atoms with Crippen LogP contribution in [0.1, 0.15) is 55.8 Å². The van der Waals surface area contributed by atoms with E-state index in [1.54, 1.807) is 0 Å². The smallest absolute Gasteiger partial charge is 0.243 e. The predicted molar refractivity (Wildman–Crippen MR) is 130 cm³/mol. The van der Waals surface area contributed by atoms with Crippen molar-refractivity contribution in [3.63, 3.8) is 0 Å². The number of allylic oxidation sites excluding steroid dienone is 1. The Morgan fingerprint density at radius 2 is 2.03 bits per heavy atom. The third-order valence-corrected chi connectivity index (χ3v) is 8.97. The van der Waals surface area contributed by atoms with E-state index in [9.17, 15) is 9.59 Å². The van der Waals surface area contributed by atoms with Crippen LogP contribution in [0.4, 0.5) is 0 Å². The molecule has 1 unspecified atom stereocenters. The zero-order valence-electron chi connectivity index (χ0n) is 20.3. The lowest BCUT2D eigenvalue weighted by Gasteiger charge is -2.49. The van der Waals surface area contributed by atoms with Gasteiger partial charge in [-0.2, -0.15) is 0 Å². The van der Waals surface area contributed by atoms with Crippen molar-refractivity contribution in [3.8, 4) is 0 Å². The highest BCUT2D eigenvalue weighted by atomic mass is 16.2. The molecule has 2 fully saturated rings. The molecule has 2 spiro atoms. The van der Waals surface area contributed by atoms with Gasteiger partial charge < -0.3 is 15.5 Å². The van der Waals surface area contributed by atoms with Crippen molar-refractivity contribution in [2.24, 2.45) is 5.41 Å². The first-order chi connectivity index (χ1) is 16.4. The Labute approximate surface area is 201 Å². The van der Waals surface area contributed by atoms with E-state index >= 15 is 0 Å². The molecule has 2 aliphatic carbocycles. The maximum atomic E-state index is 13.5. The number of dihydropyridines is 1. The summed E-state index contributed by atoms with van der Waals surface area (Å²) in [6.45, 7) is 4.68. The largest absolute Gasteiger partial charge is 0.368 e. The molecule has 1 aromatic heterocycles. The van der Waals surface area contributed by atoms with Gasteiger partial charge >= 0.3 is 0 Å². The van der Waals surface area contributed by atoms with E-state index in [1.807, 2.05) is 6.20 Å². The van der Waals surface area contributed by atoms with Gasteiger partial charge in [-0.15, -0.1) is 0 Å². The second-order valence-corrected chi connectivity index (χ2v) is 11.0. The monoisotopic (exact) mass is 461 g/mol. The van der Waals surface area contributed by atoms with Gasteiger partial charge in [-0.3, -0.25) is 19.5 Å². The number of fused-ring (bicyclic) bond motifs is 2. The van der Waals surface area contributed by atoms with Gasteiger partial charge in [0.15, 0.2) is 0 Å². The standard InChI is InChI=1S/C27H35N5O2/c1-18-17-31(2)27(9-3-4-10-27)25(34)32(18)12-6-7-19-13-20-14-26(15-22(20)29-16-19)21-8-5-11-28-23(21)30-24(26)33/h5,8,13,16,18,28H,3-4,6-7,9-12,14-15,17H2,1-2H3,(H,30,33)/t18?,26-/m0/s1. The highest BCUT2D eigenvalue weighted by molar-refractivity contribution is 5.93. The van der Waals surface area contributed by atoms with Crippen LogP contribution >= 0.6 is 0 Å². The number of carbonyl (C=O) groups is 2. The third kappa shape index (κ3) is 3.16. The number of hydrogen-bond donors (Lipinski definition) is 2. The summed E-state index contributed by atoms with van der Waals surface area (Å²) in [6.07, 6.45) is 13.7. The minimum atomic E-state index is -0.523. The minimum Gasteiger partial charge on any atom is -0.368 e. The Balaban J connectivity index is 1.13. The molecule has 2 amide bonds. The maximum absolute atomic E-state index is 13.5. The van der Waals surface area contributed by atoms with Crippen molar-refractivity contribution in [2.75, 3.05) is 26.7 Å². The maximum Gasteiger partial charge on any atom is 0.243 e. The number of aromatic nitrogens is 1. The molecule has 2 atom stereocenters. The number of nitrogens with zero attached hydrogens (tertiary/aromatic N) is 3. The normalized spacial score (nSPS) is 29.7. The molecule has 1 saturated heterocycles. The van der Waals surface area contributed by atoms with Crippen LogP contribution in [0.2, 0.25) is 0 Å². The first-order valence-corrected chi connectivity index (χ1v) is 12.9. The summed E-state index contributed by atoms with van der Waals surface area (Å²) in [5.41, 5.74) is 3.72. The van der Waals surface area contributed by atoms with Crippen molar-refractivity contribution in [2.45, 2.75) is 69.9 Å². The van der Waals surface area contributed by atoms with Gasteiger partial charge in [0.1, 0.15) is 11.4 Å². The first-order valence-electron chi connectivity index (χ1n) is 12.9. The Morgan fingerprint density at radius 1 is 1.21 bits per heavy atom. The van der Waals surface area contributed by atoms with Gasteiger partial charge in [-0.1, -0.05) is 31.1 Å².